The summed E-state index contributed by atoms with van der Waals surface area (Å²) in [5.74, 6) is -0.0822. The fourth-order valence-corrected chi connectivity index (χ4v) is 2.63. The Labute approximate surface area is 142 Å². The Morgan fingerprint density at radius 3 is 2.71 bits per heavy atom. The number of nitrogens with zero attached hydrogens (tertiary/aromatic N) is 2. The van der Waals surface area contributed by atoms with Crippen molar-refractivity contribution in [2.24, 2.45) is 0 Å². The first-order chi connectivity index (χ1) is 11.6. The minimum atomic E-state index is -0.471. The standard InChI is InChI=1S/C18H25N3O3/c1-3-4-13-24-14(2)17(22)20-16-7-11-21(12-8-16)18(23)15-5-9-19-10-6-15/h3,5-6,9-10,14,16H,1,4,7-8,11-13H2,2H3,(H,20,22)/t14-/m1/s1. The van der Waals surface area contributed by atoms with Gasteiger partial charge in [-0.1, -0.05) is 6.08 Å². The first kappa shape index (κ1) is 18.1. The molecule has 1 N–H and O–H groups in total. The van der Waals surface area contributed by atoms with Gasteiger partial charge in [0, 0.05) is 37.1 Å². The van der Waals surface area contributed by atoms with Gasteiger partial charge in [0.15, 0.2) is 0 Å². The summed E-state index contributed by atoms with van der Waals surface area (Å²) in [7, 11) is 0. The van der Waals surface area contributed by atoms with Crippen LogP contribution in [0.15, 0.2) is 37.2 Å². The Bertz CT molecular complexity index is 554. The van der Waals surface area contributed by atoms with Gasteiger partial charge in [-0.05, 0) is 38.3 Å². The van der Waals surface area contributed by atoms with Crippen molar-refractivity contribution in [3.63, 3.8) is 0 Å². The molecule has 2 rings (SSSR count). The minimum Gasteiger partial charge on any atom is -0.368 e. The van der Waals surface area contributed by atoms with E-state index in [1.54, 1.807) is 37.5 Å². The third-order valence-corrected chi connectivity index (χ3v) is 4.11. The second-order valence-electron chi connectivity index (χ2n) is 5.90. The SMILES string of the molecule is C=CCCO[C@H](C)C(=O)NC1CCN(C(=O)c2ccncc2)CC1. The van der Waals surface area contributed by atoms with Crippen molar-refractivity contribution in [1.82, 2.24) is 15.2 Å². The monoisotopic (exact) mass is 331 g/mol. The predicted octanol–water partition coefficient (Wildman–Crippen LogP) is 1.78. The highest BCUT2D eigenvalue weighted by Crippen LogP contribution is 2.14. The van der Waals surface area contributed by atoms with Crippen molar-refractivity contribution in [1.29, 1.82) is 0 Å². The molecule has 0 bridgehead atoms. The van der Waals surface area contributed by atoms with Crippen molar-refractivity contribution in [2.75, 3.05) is 19.7 Å². The second-order valence-corrected chi connectivity index (χ2v) is 5.90. The quantitative estimate of drug-likeness (QED) is 0.611. The van der Waals surface area contributed by atoms with Gasteiger partial charge in [0.05, 0.1) is 6.61 Å². The molecule has 0 unspecified atom stereocenters. The fourth-order valence-electron chi connectivity index (χ4n) is 2.63. The van der Waals surface area contributed by atoms with Crippen molar-refractivity contribution in [3.05, 3.63) is 42.7 Å². The van der Waals surface area contributed by atoms with Crippen molar-refractivity contribution in [2.45, 2.75) is 38.3 Å². The Hall–Kier alpha value is -2.21. The van der Waals surface area contributed by atoms with Gasteiger partial charge in [0.1, 0.15) is 6.10 Å². The zero-order valence-corrected chi connectivity index (χ0v) is 14.1. The maximum Gasteiger partial charge on any atom is 0.253 e. The molecular formula is C18H25N3O3. The fraction of sp³-hybridized carbons (Fsp3) is 0.500. The molecule has 6 nitrogen and oxygen atoms in total. The van der Waals surface area contributed by atoms with Gasteiger partial charge in [-0.3, -0.25) is 14.6 Å². The zero-order valence-electron chi connectivity index (χ0n) is 14.1. The van der Waals surface area contributed by atoms with E-state index >= 15 is 0 Å². The van der Waals surface area contributed by atoms with E-state index < -0.39 is 6.10 Å². The molecule has 0 aromatic carbocycles. The number of likely N-dealkylation sites (tertiary alicyclic amines) is 1. The summed E-state index contributed by atoms with van der Waals surface area (Å²) in [6.07, 6.45) is 6.76. The number of amides is 2. The summed E-state index contributed by atoms with van der Waals surface area (Å²) in [6.45, 7) is 7.14. The first-order valence-electron chi connectivity index (χ1n) is 8.34. The van der Waals surface area contributed by atoms with Crippen LogP contribution < -0.4 is 5.32 Å². The molecule has 2 amide bonds. The molecule has 1 aromatic heterocycles. The molecule has 2 heterocycles. The second kappa shape index (κ2) is 9.17. The first-order valence-corrected chi connectivity index (χ1v) is 8.34. The Morgan fingerprint density at radius 1 is 1.42 bits per heavy atom. The molecular weight excluding hydrogens is 306 g/mol. The van der Waals surface area contributed by atoms with E-state index in [0.717, 1.165) is 19.3 Å². The Balaban J connectivity index is 1.75. The minimum absolute atomic E-state index is 0.0169. The van der Waals surface area contributed by atoms with E-state index in [4.69, 9.17) is 4.74 Å². The van der Waals surface area contributed by atoms with Gasteiger partial charge < -0.3 is 15.0 Å². The van der Waals surface area contributed by atoms with Crippen molar-refractivity contribution < 1.29 is 14.3 Å². The maximum absolute atomic E-state index is 12.4. The number of carbonyl (C=O) groups is 2. The highest BCUT2D eigenvalue weighted by Gasteiger charge is 2.25. The van der Waals surface area contributed by atoms with Crippen LogP contribution in [0.2, 0.25) is 0 Å². The number of carbonyl (C=O) groups excluding carboxylic acids is 2. The molecule has 0 spiro atoms. The maximum atomic E-state index is 12.4. The normalized spacial score (nSPS) is 16.5. The van der Waals surface area contributed by atoms with Crippen LogP contribution in [0.1, 0.15) is 36.5 Å². The van der Waals surface area contributed by atoms with Gasteiger partial charge in [-0.2, -0.15) is 0 Å². The van der Waals surface area contributed by atoms with Crippen LogP contribution in [0.4, 0.5) is 0 Å². The number of ether oxygens (including phenoxy) is 1. The van der Waals surface area contributed by atoms with Crippen molar-refractivity contribution >= 4 is 11.8 Å². The molecule has 1 aromatic rings. The molecule has 1 fully saturated rings. The molecule has 0 radical (unpaired) electrons. The molecule has 1 saturated heterocycles. The lowest BCUT2D eigenvalue weighted by atomic mass is 10.0. The highest BCUT2D eigenvalue weighted by atomic mass is 16.5. The number of hydrogen-bond donors (Lipinski definition) is 1. The molecule has 1 aliphatic heterocycles. The van der Waals surface area contributed by atoms with Crippen LogP contribution in [0.3, 0.4) is 0 Å². The van der Waals surface area contributed by atoms with E-state index in [9.17, 15) is 9.59 Å². The summed E-state index contributed by atoms with van der Waals surface area (Å²) in [4.78, 5) is 30.2. The van der Waals surface area contributed by atoms with Crippen LogP contribution in [0, 0.1) is 0 Å². The van der Waals surface area contributed by atoms with Gasteiger partial charge in [0.25, 0.3) is 5.91 Å². The van der Waals surface area contributed by atoms with E-state index in [2.05, 4.69) is 16.9 Å². The van der Waals surface area contributed by atoms with E-state index in [-0.39, 0.29) is 17.9 Å². The van der Waals surface area contributed by atoms with E-state index in [1.807, 2.05) is 4.90 Å². The highest BCUT2D eigenvalue weighted by molar-refractivity contribution is 5.94. The number of nitrogens with one attached hydrogen (secondary N) is 1. The summed E-state index contributed by atoms with van der Waals surface area (Å²) in [5.41, 5.74) is 0.650. The van der Waals surface area contributed by atoms with Gasteiger partial charge >= 0.3 is 0 Å². The Morgan fingerprint density at radius 2 is 2.08 bits per heavy atom. The molecule has 24 heavy (non-hydrogen) atoms. The predicted molar refractivity (Wildman–Crippen MR) is 91.5 cm³/mol. The number of pyridine rings is 1. The Kier molecular flexibility index (Phi) is 6.93. The number of aromatic nitrogens is 1. The van der Waals surface area contributed by atoms with Gasteiger partial charge in [-0.15, -0.1) is 6.58 Å². The summed E-state index contributed by atoms with van der Waals surface area (Å²) in [5, 5.41) is 3.01. The molecule has 6 heteroatoms. The number of piperidine rings is 1. The third kappa shape index (κ3) is 5.16. The van der Waals surface area contributed by atoms with Crippen LogP contribution in [0.25, 0.3) is 0 Å². The van der Waals surface area contributed by atoms with E-state index in [0.29, 0.717) is 25.3 Å². The molecule has 0 aliphatic carbocycles. The average Bonchev–Trinajstić information content (AvgIpc) is 2.62. The number of rotatable bonds is 7. The zero-order chi connectivity index (χ0) is 17.4. The molecule has 0 saturated carbocycles. The van der Waals surface area contributed by atoms with Gasteiger partial charge in [0.2, 0.25) is 5.91 Å². The lowest BCUT2D eigenvalue weighted by Crippen LogP contribution is -2.48. The third-order valence-electron chi connectivity index (χ3n) is 4.11. The van der Waals surface area contributed by atoms with E-state index in [1.165, 1.54) is 0 Å². The van der Waals surface area contributed by atoms with Crippen LogP contribution in [0.5, 0.6) is 0 Å². The molecule has 130 valence electrons. The lowest BCUT2D eigenvalue weighted by Gasteiger charge is -2.33. The average molecular weight is 331 g/mol. The topological polar surface area (TPSA) is 71.5 Å². The summed E-state index contributed by atoms with van der Waals surface area (Å²) >= 11 is 0. The lowest BCUT2D eigenvalue weighted by molar-refractivity contribution is -0.132. The molecule has 1 atom stereocenters. The largest absolute Gasteiger partial charge is 0.368 e. The van der Waals surface area contributed by atoms with Crippen LogP contribution in [-0.4, -0.2) is 53.5 Å². The summed E-state index contributed by atoms with van der Waals surface area (Å²) in [6, 6.07) is 3.53. The molecule has 1 aliphatic rings. The smallest absolute Gasteiger partial charge is 0.253 e. The number of hydrogen-bond acceptors (Lipinski definition) is 4. The van der Waals surface area contributed by atoms with Crippen LogP contribution in [-0.2, 0) is 9.53 Å². The summed E-state index contributed by atoms with van der Waals surface area (Å²) < 4.78 is 5.45. The van der Waals surface area contributed by atoms with Crippen molar-refractivity contribution in [3.8, 4) is 0 Å². The van der Waals surface area contributed by atoms with Crippen LogP contribution >= 0.6 is 0 Å². The van der Waals surface area contributed by atoms with Gasteiger partial charge in [-0.25, -0.2) is 0 Å².